The molecule has 1 aromatic carbocycles. The van der Waals surface area contributed by atoms with Crippen molar-refractivity contribution in [1.82, 2.24) is 14.9 Å². The number of nitrogens with zero attached hydrogens (tertiary/aromatic N) is 5. The average molecular weight is 354 g/mol. The SMILES string of the molecule is CCc1nnc(NN=Cc2ccc(Br)c([N+](=O)[O-])c2)n1N. The predicted molar refractivity (Wildman–Crippen MR) is 81.6 cm³/mol. The summed E-state index contributed by atoms with van der Waals surface area (Å²) in [6.45, 7) is 1.90. The van der Waals surface area contributed by atoms with Crippen molar-refractivity contribution in [2.75, 3.05) is 11.3 Å². The fourth-order valence-electron chi connectivity index (χ4n) is 1.56. The molecule has 2 rings (SSSR count). The Hall–Kier alpha value is -2.49. The van der Waals surface area contributed by atoms with Crippen LogP contribution in [0.2, 0.25) is 0 Å². The van der Waals surface area contributed by atoms with Crippen LogP contribution in [0.25, 0.3) is 0 Å². The molecule has 3 N–H and O–H groups in total. The van der Waals surface area contributed by atoms with Crippen molar-refractivity contribution in [3.8, 4) is 0 Å². The van der Waals surface area contributed by atoms with Crippen LogP contribution in [0.4, 0.5) is 11.6 Å². The molecule has 0 saturated carbocycles. The number of aryl methyl sites for hydroxylation is 1. The van der Waals surface area contributed by atoms with Crippen molar-refractivity contribution in [3.05, 3.63) is 44.2 Å². The van der Waals surface area contributed by atoms with Gasteiger partial charge in [-0.05, 0) is 22.0 Å². The fourth-order valence-corrected chi connectivity index (χ4v) is 1.95. The predicted octanol–water partition coefficient (Wildman–Crippen LogP) is 1.67. The van der Waals surface area contributed by atoms with Crippen LogP contribution in [0, 0.1) is 10.1 Å². The van der Waals surface area contributed by atoms with Crippen LogP contribution in [0.15, 0.2) is 27.8 Å². The third kappa shape index (κ3) is 3.34. The zero-order valence-corrected chi connectivity index (χ0v) is 12.6. The molecule has 110 valence electrons. The second-order valence-corrected chi connectivity index (χ2v) is 4.86. The molecule has 0 aliphatic carbocycles. The molecule has 1 heterocycles. The van der Waals surface area contributed by atoms with E-state index in [0.717, 1.165) is 0 Å². The molecule has 1 aromatic heterocycles. The number of nitrogens with one attached hydrogen (secondary N) is 1. The van der Waals surface area contributed by atoms with E-state index in [0.29, 0.717) is 22.3 Å². The zero-order valence-electron chi connectivity index (χ0n) is 11.0. The van der Waals surface area contributed by atoms with Crippen molar-refractivity contribution < 1.29 is 4.92 Å². The van der Waals surface area contributed by atoms with Gasteiger partial charge >= 0.3 is 0 Å². The lowest BCUT2D eigenvalue weighted by Crippen LogP contribution is -2.14. The van der Waals surface area contributed by atoms with Gasteiger partial charge in [0.2, 0.25) is 0 Å². The van der Waals surface area contributed by atoms with Gasteiger partial charge in [0.05, 0.1) is 15.6 Å². The quantitative estimate of drug-likeness (QED) is 0.364. The van der Waals surface area contributed by atoms with Crippen LogP contribution in [-0.2, 0) is 6.42 Å². The van der Waals surface area contributed by atoms with Gasteiger partial charge in [0.25, 0.3) is 11.6 Å². The monoisotopic (exact) mass is 353 g/mol. The molecule has 10 heteroatoms. The number of benzene rings is 1. The van der Waals surface area contributed by atoms with Gasteiger partial charge in [-0.25, -0.2) is 10.1 Å². The van der Waals surface area contributed by atoms with E-state index in [9.17, 15) is 10.1 Å². The van der Waals surface area contributed by atoms with Gasteiger partial charge in [0, 0.05) is 18.1 Å². The molecule has 0 radical (unpaired) electrons. The lowest BCUT2D eigenvalue weighted by atomic mass is 10.2. The molecule has 0 atom stereocenters. The van der Waals surface area contributed by atoms with Crippen LogP contribution >= 0.6 is 15.9 Å². The summed E-state index contributed by atoms with van der Waals surface area (Å²) in [4.78, 5) is 10.4. The smallest absolute Gasteiger partial charge is 0.284 e. The number of nitro groups is 1. The minimum Gasteiger partial charge on any atom is -0.335 e. The van der Waals surface area contributed by atoms with E-state index in [2.05, 4.69) is 36.7 Å². The molecule has 0 aliphatic heterocycles. The van der Waals surface area contributed by atoms with Crippen molar-refractivity contribution in [1.29, 1.82) is 0 Å². The number of hydrogen-bond donors (Lipinski definition) is 2. The standard InChI is InChI=1S/C11H12BrN7O2/c1-2-10-15-17-11(18(10)13)16-14-6-7-3-4-8(12)9(5-7)19(20)21/h3-6H,2,13H2,1H3,(H,16,17). The number of hydrogen-bond acceptors (Lipinski definition) is 7. The topological polar surface area (TPSA) is 124 Å². The van der Waals surface area contributed by atoms with Gasteiger partial charge in [-0.1, -0.05) is 13.0 Å². The number of rotatable bonds is 5. The van der Waals surface area contributed by atoms with Crippen LogP contribution < -0.4 is 11.3 Å². The van der Waals surface area contributed by atoms with Gasteiger partial charge in [0.15, 0.2) is 5.82 Å². The highest BCUT2D eigenvalue weighted by Gasteiger charge is 2.11. The summed E-state index contributed by atoms with van der Waals surface area (Å²) >= 11 is 3.12. The lowest BCUT2D eigenvalue weighted by Gasteiger charge is -2.01. The molecular formula is C11H12BrN7O2. The number of anilines is 1. The van der Waals surface area contributed by atoms with Gasteiger partial charge < -0.3 is 5.84 Å². The first-order valence-corrected chi connectivity index (χ1v) is 6.74. The van der Waals surface area contributed by atoms with Crippen LogP contribution in [-0.4, -0.2) is 26.0 Å². The summed E-state index contributed by atoms with van der Waals surface area (Å²) in [6.07, 6.45) is 2.08. The summed E-state index contributed by atoms with van der Waals surface area (Å²) in [5.74, 6) is 6.64. The number of nitro benzene ring substituents is 1. The van der Waals surface area contributed by atoms with Gasteiger partial charge in [0.1, 0.15) is 0 Å². The Balaban J connectivity index is 2.12. The maximum absolute atomic E-state index is 10.8. The molecule has 0 saturated heterocycles. The first kappa shape index (κ1) is 14.9. The van der Waals surface area contributed by atoms with E-state index in [1.165, 1.54) is 17.0 Å². The van der Waals surface area contributed by atoms with Gasteiger partial charge in [-0.15, -0.1) is 10.2 Å². The minimum atomic E-state index is -0.473. The molecule has 0 bridgehead atoms. The highest BCUT2D eigenvalue weighted by atomic mass is 79.9. The van der Waals surface area contributed by atoms with Crippen molar-refractivity contribution in [2.24, 2.45) is 5.10 Å². The molecule has 2 aromatic rings. The number of aromatic nitrogens is 3. The number of nitrogen functional groups attached to an aromatic ring is 1. The normalized spacial score (nSPS) is 11.0. The maximum Gasteiger partial charge on any atom is 0.284 e. The molecule has 0 aliphatic rings. The molecule has 0 fully saturated rings. The van der Waals surface area contributed by atoms with Gasteiger partial charge in [-0.3, -0.25) is 10.1 Å². The Morgan fingerprint density at radius 2 is 2.33 bits per heavy atom. The molecule has 0 unspecified atom stereocenters. The summed E-state index contributed by atoms with van der Waals surface area (Å²) in [5.41, 5.74) is 3.16. The summed E-state index contributed by atoms with van der Waals surface area (Å²) in [7, 11) is 0. The lowest BCUT2D eigenvalue weighted by molar-refractivity contribution is -0.385. The Bertz CT molecular complexity index is 698. The molecular weight excluding hydrogens is 342 g/mol. The highest BCUT2D eigenvalue weighted by Crippen LogP contribution is 2.24. The first-order valence-electron chi connectivity index (χ1n) is 5.95. The average Bonchev–Trinajstić information content (AvgIpc) is 2.81. The van der Waals surface area contributed by atoms with Crippen LogP contribution in [0.1, 0.15) is 18.3 Å². The maximum atomic E-state index is 10.8. The third-order valence-corrected chi connectivity index (χ3v) is 3.30. The fraction of sp³-hybridized carbons (Fsp3) is 0.182. The summed E-state index contributed by atoms with van der Waals surface area (Å²) < 4.78 is 1.70. The van der Waals surface area contributed by atoms with Crippen molar-refractivity contribution in [2.45, 2.75) is 13.3 Å². The second kappa shape index (κ2) is 6.31. The summed E-state index contributed by atoms with van der Waals surface area (Å²) in [6, 6.07) is 4.67. The number of halogens is 1. The molecule has 9 nitrogen and oxygen atoms in total. The molecule has 0 amide bonds. The van der Waals surface area contributed by atoms with Crippen molar-refractivity contribution in [3.63, 3.8) is 0 Å². The van der Waals surface area contributed by atoms with Crippen molar-refractivity contribution >= 4 is 33.8 Å². The van der Waals surface area contributed by atoms with Crippen LogP contribution in [0.5, 0.6) is 0 Å². The first-order chi connectivity index (χ1) is 10.0. The van der Waals surface area contributed by atoms with E-state index < -0.39 is 4.92 Å². The van der Waals surface area contributed by atoms with E-state index in [4.69, 9.17) is 5.84 Å². The number of nitrogens with two attached hydrogens (primary N) is 1. The Morgan fingerprint density at radius 1 is 1.57 bits per heavy atom. The van der Waals surface area contributed by atoms with E-state index in [1.807, 2.05) is 6.92 Å². The van der Waals surface area contributed by atoms with E-state index in [-0.39, 0.29) is 11.6 Å². The second-order valence-electron chi connectivity index (χ2n) is 4.00. The van der Waals surface area contributed by atoms with E-state index in [1.54, 1.807) is 12.1 Å². The van der Waals surface area contributed by atoms with E-state index >= 15 is 0 Å². The molecule has 21 heavy (non-hydrogen) atoms. The zero-order chi connectivity index (χ0) is 15.4. The molecule has 0 spiro atoms. The van der Waals surface area contributed by atoms with Crippen LogP contribution in [0.3, 0.4) is 0 Å². The third-order valence-electron chi connectivity index (χ3n) is 2.63. The van der Waals surface area contributed by atoms with Gasteiger partial charge in [-0.2, -0.15) is 5.10 Å². The Kier molecular flexibility index (Phi) is 4.48. The highest BCUT2D eigenvalue weighted by molar-refractivity contribution is 9.10. The Morgan fingerprint density at radius 3 is 2.95 bits per heavy atom. The summed E-state index contributed by atoms with van der Waals surface area (Å²) in [5, 5.41) is 22.5. The minimum absolute atomic E-state index is 0.0331. The number of hydrazone groups is 1. The largest absolute Gasteiger partial charge is 0.335 e. The Labute approximate surface area is 128 Å².